The molecule has 0 aromatic carbocycles. The van der Waals surface area contributed by atoms with Crippen molar-refractivity contribution in [3.05, 3.63) is 52.8 Å². The number of piperidine rings is 1. The van der Waals surface area contributed by atoms with E-state index in [0.29, 0.717) is 40.7 Å². The summed E-state index contributed by atoms with van der Waals surface area (Å²) in [5, 5.41) is 0. The van der Waals surface area contributed by atoms with Crippen molar-refractivity contribution in [3.8, 4) is 0 Å². The molecule has 4 heterocycles. The Kier molecular flexibility index (Phi) is 5.53. The fourth-order valence-corrected chi connectivity index (χ4v) is 4.31. The molecular formula is C22H25F3N4O. The summed E-state index contributed by atoms with van der Waals surface area (Å²) in [5.41, 5.74) is 2.51. The van der Waals surface area contributed by atoms with Crippen LogP contribution >= 0.6 is 0 Å². The summed E-state index contributed by atoms with van der Waals surface area (Å²) >= 11 is 0. The molecule has 0 saturated carbocycles. The minimum Gasteiger partial charge on any atom is -0.439 e. The molecular weight excluding hydrogens is 393 g/mol. The molecule has 5 nitrogen and oxygen atoms in total. The van der Waals surface area contributed by atoms with Gasteiger partial charge < -0.3 is 4.42 Å². The molecule has 30 heavy (non-hydrogen) atoms. The van der Waals surface area contributed by atoms with Gasteiger partial charge in [0.05, 0.1) is 5.69 Å². The van der Waals surface area contributed by atoms with E-state index in [9.17, 15) is 13.2 Å². The van der Waals surface area contributed by atoms with E-state index in [0.717, 1.165) is 31.6 Å². The Morgan fingerprint density at radius 2 is 1.97 bits per heavy atom. The third-order valence-corrected chi connectivity index (χ3v) is 5.74. The summed E-state index contributed by atoms with van der Waals surface area (Å²) in [6.07, 6.45) is -1.79. The van der Waals surface area contributed by atoms with Crippen molar-refractivity contribution < 1.29 is 17.6 Å². The van der Waals surface area contributed by atoms with E-state index in [-0.39, 0.29) is 6.04 Å². The van der Waals surface area contributed by atoms with Gasteiger partial charge in [0.25, 0.3) is 0 Å². The number of fused-ring (bicyclic) bond motifs is 1. The first-order chi connectivity index (χ1) is 14.2. The molecule has 1 unspecified atom stereocenters. The predicted molar refractivity (Wildman–Crippen MR) is 107 cm³/mol. The predicted octanol–water partition coefficient (Wildman–Crippen LogP) is 5.27. The van der Waals surface area contributed by atoms with Gasteiger partial charge in [0.1, 0.15) is 5.69 Å². The van der Waals surface area contributed by atoms with Crippen molar-refractivity contribution in [2.75, 3.05) is 13.1 Å². The maximum absolute atomic E-state index is 13.1. The number of hydrogen-bond acceptors (Lipinski definition) is 5. The van der Waals surface area contributed by atoms with E-state index < -0.39 is 11.9 Å². The fraction of sp³-hybridized carbons (Fsp3) is 0.500. The van der Waals surface area contributed by atoms with Crippen LogP contribution in [0.1, 0.15) is 54.3 Å². The summed E-state index contributed by atoms with van der Waals surface area (Å²) in [5.74, 6) is 0.883. The zero-order valence-corrected chi connectivity index (χ0v) is 17.3. The molecule has 0 radical (unpaired) electrons. The van der Waals surface area contributed by atoms with Crippen LogP contribution in [0, 0.1) is 19.8 Å². The molecule has 0 N–H and O–H groups in total. The summed E-state index contributed by atoms with van der Waals surface area (Å²) in [4.78, 5) is 15.0. The highest BCUT2D eigenvalue weighted by molar-refractivity contribution is 5.67. The highest BCUT2D eigenvalue weighted by Crippen LogP contribution is 2.31. The molecule has 3 aromatic heterocycles. The number of pyridine rings is 2. The van der Waals surface area contributed by atoms with E-state index in [1.54, 1.807) is 19.9 Å². The van der Waals surface area contributed by atoms with Gasteiger partial charge in [-0.3, -0.25) is 4.90 Å². The van der Waals surface area contributed by atoms with Crippen LogP contribution in [-0.2, 0) is 12.6 Å². The Balaban J connectivity index is 1.48. The van der Waals surface area contributed by atoms with E-state index in [2.05, 4.69) is 26.8 Å². The van der Waals surface area contributed by atoms with Crippen LogP contribution in [0.4, 0.5) is 13.2 Å². The van der Waals surface area contributed by atoms with Crippen molar-refractivity contribution in [3.63, 3.8) is 0 Å². The molecule has 1 fully saturated rings. The second-order valence-corrected chi connectivity index (χ2v) is 8.17. The number of halogens is 3. The van der Waals surface area contributed by atoms with E-state index in [1.165, 1.54) is 6.07 Å². The van der Waals surface area contributed by atoms with Crippen LogP contribution in [0.2, 0.25) is 0 Å². The van der Waals surface area contributed by atoms with E-state index >= 15 is 0 Å². The van der Waals surface area contributed by atoms with Gasteiger partial charge >= 0.3 is 6.18 Å². The molecule has 3 aromatic rings. The SMILES string of the molecule is Cc1cc(CC2CCCN([C@@H](C)c3ccc4oc(C)nc4n3)C2)cc(C(F)(F)F)n1. The summed E-state index contributed by atoms with van der Waals surface area (Å²) in [7, 11) is 0. The maximum Gasteiger partial charge on any atom is 0.433 e. The molecule has 0 aliphatic carbocycles. The molecule has 2 atom stereocenters. The lowest BCUT2D eigenvalue weighted by Crippen LogP contribution is -2.38. The third kappa shape index (κ3) is 4.48. The minimum absolute atomic E-state index is 0.0964. The van der Waals surface area contributed by atoms with Crippen LogP contribution in [0.5, 0.6) is 0 Å². The Morgan fingerprint density at radius 3 is 2.73 bits per heavy atom. The number of rotatable bonds is 4. The van der Waals surface area contributed by atoms with Gasteiger partial charge in [-0.05, 0) is 75.4 Å². The van der Waals surface area contributed by atoms with Gasteiger partial charge in [0.2, 0.25) is 0 Å². The lowest BCUT2D eigenvalue weighted by atomic mass is 9.90. The Morgan fingerprint density at radius 1 is 1.17 bits per heavy atom. The zero-order chi connectivity index (χ0) is 21.5. The summed E-state index contributed by atoms with van der Waals surface area (Å²) < 4.78 is 44.8. The maximum atomic E-state index is 13.1. The number of likely N-dealkylation sites (tertiary alicyclic amines) is 1. The normalized spacial score (nSPS) is 19.3. The standard InChI is InChI=1S/C22H25F3N4O/c1-13-9-17(11-20(26-13)22(23,24)25)10-16-5-4-8-29(12-16)14(2)18-6-7-19-21(28-18)27-15(3)30-19/h6-7,9,11,14,16H,4-5,8,10,12H2,1-3H3/t14-,16?/m0/s1. The average molecular weight is 418 g/mol. The number of alkyl halides is 3. The largest absolute Gasteiger partial charge is 0.439 e. The molecule has 4 rings (SSSR count). The van der Waals surface area contributed by atoms with Crippen molar-refractivity contribution in [1.29, 1.82) is 0 Å². The van der Waals surface area contributed by atoms with Crippen LogP contribution in [-0.4, -0.2) is 32.9 Å². The van der Waals surface area contributed by atoms with Gasteiger partial charge in [0.15, 0.2) is 17.1 Å². The molecule has 1 aliphatic rings. The van der Waals surface area contributed by atoms with Crippen molar-refractivity contribution in [1.82, 2.24) is 19.9 Å². The van der Waals surface area contributed by atoms with Crippen LogP contribution in [0.15, 0.2) is 28.7 Å². The second kappa shape index (κ2) is 7.98. The fourth-order valence-electron chi connectivity index (χ4n) is 4.31. The minimum atomic E-state index is -4.42. The second-order valence-electron chi connectivity index (χ2n) is 8.17. The van der Waals surface area contributed by atoms with E-state index in [1.807, 2.05) is 12.1 Å². The molecule has 0 spiro atoms. The molecule has 160 valence electrons. The Hall–Kier alpha value is -2.48. The van der Waals surface area contributed by atoms with Crippen LogP contribution in [0.25, 0.3) is 11.2 Å². The van der Waals surface area contributed by atoms with Crippen molar-refractivity contribution in [2.24, 2.45) is 5.92 Å². The van der Waals surface area contributed by atoms with E-state index in [4.69, 9.17) is 4.42 Å². The monoisotopic (exact) mass is 418 g/mol. The lowest BCUT2D eigenvalue weighted by molar-refractivity contribution is -0.141. The average Bonchev–Trinajstić information content (AvgIpc) is 3.05. The number of nitrogens with zero attached hydrogens (tertiary/aromatic N) is 4. The first kappa shape index (κ1) is 20.8. The van der Waals surface area contributed by atoms with Gasteiger partial charge in [0, 0.05) is 25.2 Å². The highest BCUT2D eigenvalue weighted by atomic mass is 19.4. The zero-order valence-electron chi connectivity index (χ0n) is 17.3. The van der Waals surface area contributed by atoms with Gasteiger partial charge in [-0.25, -0.2) is 9.97 Å². The molecule has 0 amide bonds. The van der Waals surface area contributed by atoms with Crippen molar-refractivity contribution in [2.45, 2.75) is 52.3 Å². The Bertz CT molecular complexity index is 1050. The number of oxazole rings is 1. The van der Waals surface area contributed by atoms with Crippen LogP contribution < -0.4 is 0 Å². The quantitative estimate of drug-likeness (QED) is 0.578. The molecule has 1 aliphatic heterocycles. The first-order valence-electron chi connectivity index (χ1n) is 10.2. The number of hydrogen-bond donors (Lipinski definition) is 0. The highest BCUT2D eigenvalue weighted by Gasteiger charge is 2.33. The lowest BCUT2D eigenvalue weighted by Gasteiger charge is -2.36. The summed E-state index contributed by atoms with van der Waals surface area (Å²) in [6, 6.07) is 6.91. The van der Waals surface area contributed by atoms with Crippen molar-refractivity contribution >= 4 is 11.2 Å². The Labute approximate surface area is 173 Å². The first-order valence-corrected chi connectivity index (χ1v) is 10.2. The van der Waals surface area contributed by atoms with Gasteiger partial charge in [-0.2, -0.15) is 18.2 Å². The summed E-state index contributed by atoms with van der Waals surface area (Å²) in [6.45, 7) is 7.29. The molecule has 1 saturated heterocycles. The number of aromatic nitrogens is 3. The van der Waals surface area contributed by atoms with Gasteiger partial charge in [-0.1, -0.05) is 0 Å². The van der Waals surface area contributed by atoms with Crippen LogP contribution in [0.3, 0.4) is 0 Å². The third-order valence-electron chi connectivity index (χ3n) is 5.74. The molecule has 0 bridgehead atoms. The number of aryl methyl sites for hydroxylation is 2. The molecule has 8 heteroatoms. The van der Waals surface area contributed by atoms with Gasteiger partial charge in [-0.15, -0.1) is 0 Å². The topological polar surface area (TPSA) is 55.1 Å². The smallest absolute Gasteiger partial charge is 0.433 e.